The van der Waals surface area contributed by atoms with E-state index in [0.717, 1.165) is 30.8 Å². The quantitative estimate of drug-likeness (QED) is 0.895. The summed E-state index contributed by atoms with van der Waals surface area (Å²) >= 11 is 0. The van der Waals surface area contributed by atoms with E-state index >= 15 is 0 Å². The van der Waals surface area contributed by atoms with Crippen LogP contribution in [-0.4, -0.2) is 30.1 Å². The average Bonchev–Trinajstić information content (AvgIpc) is 2.48. The maximum atomic E-state index is 9.21. The third kappa shape index (κ3) is 4.06. The van der Waals surface area contributed by atoms with Gasteiger partial charge in [0, 0.05) is 25.2 Å². The van der Waals surface area contributed by atoms with Crippen LogP contribution in [0.15, 0.2) is 24.3 Å². The number of nitrogens with zero attached hydrogens (tertiary/aromatic N) is 2. The van der Waals surface area contributed by atoms with Gasteiger partial charge < -0.3 is 5.32 Å². The highest BCUT2D eigenvalue weighted by Gasteiger charge is 2.19. The van der Waals surface area contributed by atoms with Crippen LogP contribution in [0.3, 0.4) is 0 Å². The van der Waals surface area contributed by atoms with Crippen LogP contribution < -0.4 is 5.32 Å². The lowest BCUT2D eigenvalue weighted by Gasteiger charge is -2.33. The van der Waals surface area contributed by atoms with Crippen molar-refractivity contribution in [2.45, 2.75) is 51.7 Å². The van der Waals surface area contributed by atoms with E-state index in [9.17, 15) is 5.26 Å². The average molecular weight is 271 g/mol. The molecule has 3 heteroatoms. The first-order valence-corrected chi connectivity index (χ1v) is 7.66. The molecule has 0 amide bonds. The maximum absolute atomic E-state index is 9.21. The van der Waals surface area contributed by atoms with Crippen molar-refractivity contribution in [3.05, 3.63) is 35.4 Å². The summed E-state index contributed by atoms with van der Waals surface area (Å²) in [7, 11) is 0. The molecule has 108 valence electrons. The Bertz CT molecular complexity index is 456. The fourth-order valence-corrected chi connectivity index (χ4v) is 2.81. The predicted molar refractivity (Wildman–Crippen MR) is 82.3 cm³/mol. The summed E-state index contributed by atoms with van der Waals surface area (Å²) in [4.78, 5) is 2.47. The summed E-state index contributed by atoms with van der Waals surface area (Å²) in [5.41, 5.74) is 1.94. The van der Waals surface area contributed by atoms with Gasteiger partial charge in [-0.15, -0.1) is 0 Å². The molecule has 1 aromatic rings. The van der Waals surface area contributed by atoms with Crippen LogP contribution >= 0.6 is 0 Å². The number of hydrogen-bond donors (Lipinski definition) is 1. The van der Waals surface area contributed by atoms with E-state index in [1.807, 2.05) is 18.2 Å². The van der Waals surface area contributed by atoms with Crippen LogP contribution in [0.25, 0.3) is 0 Å². The van der Waals surface area contributed by atoms with Crippen LogP contribution in [0.4, 0.5) is 0 Å². The van der Waals surface area contributed by atoms with Crippen molar-refractivity contribution in [3.63, 3.8) is 0 Å². The molecule has 1 fully saturated rings. The summed E-state index contributed by atoms with van der Waals surface area (Å²) in [6.07, 6.45) is 3.90. The van der Waals surface area contributed by atoms with E-state index in [4.69, 9.17) is 0 Å². The van der Waals surface area contributed by atoms with Crippen molar-refractivity contribution < 1.29 is 0 Å². The maximum Gasteiger partial charge on any atom is 0.0995 e. The number of nitriles is 1. The molecule has 1 aromatic carbocycles. The minimum atomic E-state index is 0.491. The Kier molecular flexibility index (Phi) is 5.58. The Hall–Kier alpha value is -1.37. The van der Waals surface area contributed by atoms with Crippen molar-refractivity contribution in [2.24, 2.45) is 0 Å². The third-order valence-corrected chi connectivity index (χ3v) is 4.11. The second kappa shape index (κ2) is 7.42. The second-order valence-corrected chi connectivity index (χ2v) is 5.94. The van der Waals surface area contributed by atoms with Gasteiger partial charge in [-0.05, 0) is 44.9 Å². The van der Waals surface area contributed by atoms with Crippen LogP contribution in [0, 0.1) is 11.3 Å². The highest BCUT2D eigenvalue weighted by Crippen LogP contribution is 2.15. The van der Waals surface area contributed by atoms with Gasteiger partial charge >= 0.3 is 0 Å². The fourth-order valence-electron chi connectivity index (χ4n) is 2.81. The van der Waals surface area contributed by atoms with Gasteiger partial charge in [-0.1, -0.05) is 24.6 Å². The third-order valence-electron chi connectivity index (χ3n) is 4.11. The molecule has 3 nitrogen and oxygen atoms in total. The number of benzene rings is 1. The molecule has 20 heavy (non-hydrogen) atoms. The van der Waals surface area contributed by atoms with Gasteiger partial charge in [-0.25, -0.2) is 0 Å². The van der Waals surface area contributed by atoms with Gasteiger partial charge in [0.2, 0.25) is 0 Å². The predicted octanol–water partition coefficient (Wildman–Crippen LogP) is 2.91. The minimum Gasteiger partial charge on any atom is -0.313 e. The first kappa shape index (κ1) is 15.0. The first-order valence-electron chi connectivity index (χ1n) is 7.66. The zero-order valence-electron chi connectivity index (χ0n) is 12.6. The van der Waals surface area contributed by atoms with E-state index in [-0.39, 0.29) is 0 Å². The van der Waals surface area contributed by atoms with Crippen molar-refractivity contribution >= 4 is 0 Å². The molecule has 2 rings (SSSR count). The summed E-state index contributed by atoms with van der Waals surface area (Å²) in [5, 5.41) is 12.8. The van der Waals surface area contributed by atoms with Crippen LogP contribution in [0.5, 0.6) is 0 Å². The topological polar surface area (TPSA) is 39.1 Å². The molecule has 1 atom stereocenters. The van der Waals surface area contributed by atoms with Crippen LogP contribution in [-0.2, 0) is 6.54 Å². The summed E-state index contributed by atoms with van der Waals surface area (Å²) in [6.45, 7) is 7.54. The summed E-state index contributed by atoms with van der Waals surface area (Å²) in [6, 6.07) is 11.3. The molecular formula is C17H25N3. The van der Waals surface area contributed by atoms with E-state index in [1.54, 1.807) is 0 Å². The van der Waals surface area contributed by atoms with Gasteiger partial charge in [0.05, 0.1) is 11.6 Å². The van der Waals surface area contributed by atoms with E-state index in [2.05, 4.69) is 36.2 Å². The van der Waals surface area contributed by atoms with Gasteiger partial charge in [-0.3, -0.25) is 4.90 Å². The Labute approximate surface area is 122 Å². The van der Waals surface area contributed by atoms with Crippen molar-refractivity contribution in [2.75, 3.05) is 13.1 Å². The Morgan fingerprint density at radius 3 is 2.80 bits per heavy atom. The first-order chi connectivity index (χ1) is 9.70. The number of hydrogen-bond acceptors (Lipinski definition) is 3. The fraction of sp³-hybridized carbons (Fsp3) is 0.588. The number of piperidine rings is 1. The van der Waals surface area contributed by atoms with Crippen molar-refractivity contribution in [3.8, 4) is 6.07 Å². The summed E-state index contributed by atoms with van der Waals surface area (Å²) in [5.74, 6) is 0. The number of nitrogens with one attached hydrogen (secondary N) is 1. The molecule has 0 bridgehead atoms. The molecular weight excluding hydrogens is 246 g/mol. The molecule has 1 saturated heterocycles. The molecule has 0 saturated carbocycles. The van der Waals surface area contributed by atoms with Gasteiger partial charge in [0.15, 0.2) is 0 Å². The second-order valence-electron chi connectivity index (χ2n) is 5.94. The lowest BCUT2D eigenvalue weighted by Crippen LogP contribution is -2.45. The van der Waals surface area contributed by atoms with Crippen molar-refractivity contribution in [1.82, 2.24) is 10.2 Å². The Morgan fingerprint density at radius 1 is 1.35 bits per heavy atom. The Morgan fingerprint density at radius 2 is 2.15 bits per heavy atom. The molecule has 1 aliphatic heterocycles. The molecule has 1 unspecified atom stereocenters. The molecule has 0 spiro atoms. The highest BCUT2D eigenvalue weighted by molar-refractivity contribution is 5.37. The smallest absolute Gasteiger partial charge is 0.0995 e. The zero-order valence-corrected chi connectivity index (χ0v) is 12.6. The lowest BCUT2D eigenvalue weighted by molar-refractivity contribution is 0.177. The molecule has 0 radical (unpaired) electrons. The normalized spacial score (nSPS) is 19.2. The molecule has 1 heterocycles. The van der Waals surface area contributed by atoms with E-state index in [0.29, 0.717) is 12.1 Å². The van der Waals surface area contributed by atoms with Gasteiger partial charge in [0.1, 0.15) is 0 Å². The SMILES string of the molecule is CC(C)N(Cc1ccccc1C#N)CC1CCCCN1. The molecule has 1 aliphatic rings. The minimum absolute atomic E-state index is 0.491. The largest absolute Gasteiger partial charge is 0.313 e. The molecule has 0 aromatic heterocycles. The van der Waals surface area contributed by atoms with Gasteiger partial charge in [0.25, 0.3) is 0 Å². The van der Waals surface area contributed by atoms with E-state index in [1.165, 1.54) is 19.3 Å². The lowest BCUT2D eigenvalue weighted by atomic mass is 10.0. The Balaban J connectivity index is 2.03. The molecule has 1 N–H and O–H groups in total. The van der Waals surface area contributed by atoms with Crippen molar-refractivity contribution in [1.29, 1.82) is 5.26 Å². The van der Waals surface area contributed by atoms with Gasteiger partial charge in [-0.2, -0.15) is 5.26 Å². The summed E-state index contributed by atoms with van der Waals surface area (Å²) < 4.78 is 0. The van der Waals surface area contributed by atoms with Crippen LogP contribution in [0.2, 0.25) is 0 Å². The highest BCUT2D eigenvalue weighted by atomic mass is 15.2. The zero-order chi connectivity index (χ0) is 14.4. The molecule has 0 aliphatic carbocycles. The monoisotopic (exact) mass is 271 g/mol. The van der Waals surface area contributed by atoms with E-state index < -0.39 is 0 Å². The van der Waals surface area contributed by atoms with Crippen LogP contribution in [0.1, 0.15) is 44.2 Å². The standard InChI is InChI=1S/C17H25N3/c1-14(2)20(13-17-9-5-6-10-19-17)12-16-8-4-3-7-15(16)11-18/h3-4,7-8,14,17,19H,5-6,9-10,12-13H2,1-2H3. The number of rotatable bonds is 5.